The summed E-state index contributed by atoms with van der Waals surface area (Å²) in [6.45, 7) is 0.888. The predicted octanol–water partition coefficient (Wildman–Crippen LogP) is 3.29. The first-order valence-corrected chi connectivity index (χ1v) is 7.69. The summed E-state index contributed by atoms with van der Waals surface area (Å²) in [5, 5.41) is 12.3. The van der Waals surface area contributed by atoms with Crippen molar-refractivity contribution in [3.8, 4) is 11.5 Å². The average Bonchev–Trinajstić information content (AvgIpc) is 3.10. The zero-order valence-corrected chi connectivity index (χ0v) is 13.1. The van der Waals surface area contributed by atoms with Gasteiger partial charge >= 0.3 is 0 Å². The van der Waals surface area contributed by atoms with Crippen LogP contribution in [0.4, 0.5) is 0 Å². The van der Waals surface area contributed by atoms with E-state index in [1.165, 1.54) is 12.8 Å². The van der Waals surface area contributed by atoms with Crippen molar-refractivity contribution in [2.75, 3.05) is 6.54 Å². The van der Waals surface area contributed by atoms with Gasteiger partial charge in [-0.25, -0.2) is 0 Å². The molecule has 0 saturated heterocycles. The van der Waals surface area contributed by atoms with Gasteiger partial charge in [-0.3, -0.25) is 0 Å². The van der Waals surface area contributed by atoms with E-state index in [0.29, 0.717) is 22.8 Å². The largest absolute Gasteiger partial charge is 0.421 e. The average molecular weight is 390 g/mol. The van der Waals surface area contributed by atoms with Crippen LogP contribution in [0.15, 0.2) is 22.6 Å². The van der Waals surface area contributed by atoms with Crippen LogP contribution >= 0.6 is 34.2 Å². The first kappa shape index (κ1) is 13.3. The number of hydrogen-bond donors (Lipinski definition) is 1. The van der Waals surface area contributed by atoms with Gasteiger partial charge in [-0.05, 0) is 53.6 Å². The number of nitrogens with zero attached hydrogens (tertiary/aromatic N) is 2. The van der Waals surface area contributed by atoms with E-state index < -0.39 is 0 Å². The van der Waals surface area contributed by atoms with Crippen LogP contribution in [-0.2, 0) is 6.42 Å². The van der Waals surface area contributed by atoms with Gasteiger partial charge in [0.15, 0.2) is 0 Å². The van der Waals surface area contributed by atoms with Crippen molar-refractivity contribution in [1.82, 2.24) is 15.5 Å². The summed E-state index contributed by atoms with van der Waals surface area (Å²) in [4.78, 5) is 0. The van der Waals surface area contributed by atoms with Gasteiger partial charge in [-0.1, -0.05) is 11.6 Å². The van der Waals surface area contributed by atoms with Crippen molar-refractivity contribution >= 4 is 34.2 Å². The number of hydrogen-bond acceptors (Lipinski definition) is 4. The Balaban J connectivity index is 1.70. The predicted molar refractivity (Wildman–Crippen MR) is 82.2 cm³/mol. The van der Waals surface area contributed by atoms with Gasteiger partial charge in [0.05, 0.1) is 5.56 Å². The molecule has 0 spiro atoms. The highest BCUT2D eigenvalue weighted by molar-refractivity contribution is 14.1. The van der Waals surface area contributed by atoms with E-state index in [9.17, 15) is 0 Å². The van der Waals surface area contributed by atoms with Crippen LogP contribution in [0.1, 0.15) is 18.7 Å². The second kappa shape index (κ2) is 5.76. The molecule has 1 aliphatic rings. The van der Waals surface area contributed by atoms with Crippen LogP contribution < -0.4 is 5.32 Å². The maximum atomic E-state index is 6.00. The van der Waals surface area contributed by atoms with Gasteiger partial charge in [0.1, 0.15) is 0 Å². The molecule has 0 bridgehead atoms. The Morgan fingerprint density at radius 3 is 3.00 bits per heavy atom. The zero-order valence-electron chi connectivity index (χ0n) is 10.2. The third-order valence-electron chi connectivity index (χ3n) is 2.97. The van der Waals surface area contributed by atoms with Crippen LogP contribution in [0.5, 0.6) is 0 Å². The van der Waals surface area contributed by atoms with E-state index in [0.717, 1.165) is 22.1 Å². The molecule has 4 nitrogen and oxygen atoms in total. The van der Waals surface area contributed by atoms with Crippen molar-refractivity contribution in [3.05, 3.63) is 32.7 Å². The lowest BCUT2D eigenvalue weighted by Gasteiger charge is -2.00. The Bertz CT molecular complexity index is 583. The van der Waals surface area contributed by atoms with E-state index >= 15 is 0 Å². The number of halogens is 2. The lowest BCUT2D eigenvalue weighted by atomic mass is 10.2. The summed E-state index contributed by atoms with van der Waals surface area (Å²) < 4.78 is 6.73. The molecule has 100 valence electrons. The van der Waals surface area contributed by atoms with Gasteiger partial charge in [0.25, 0.3) is 0 Å². The number of aromatic nitrogens is 2. The van der Waals surface area contributed by atoms with Crippen LogP contribution in [0.3, 0.4) is 0 Å². The van der Waals surface area contributed by atoms with Crippen molar-refractivity contribution in [2.24, 2.45) is 0 Å². The molecule has 1 N–H and O–H groups in total. The smallest absolute Gasteiger partial charge is 0.248 e. The summed E-state index contributed by atoms with van der Waals surface area (Å²) >= 11 is 8.23. The summed E-state index contributed by atoms with van der Waals surface area (Å²) in [6, 6.07) is 6.35. The summed E-state index contributed by atoms with van der Waals surface area (Å²) in [6.07, 6.45) is 3.34. The maximum absolute atomic E-state index is 6.00. The van der Waals surface area contributed by atoms with Gasteiger partial charge in [0, 0.05) is 27.6 Å². The molecule has 0 radical (unpaired) electrons. The fourth-order valence-corrected chi connectivity index (χ4v) is 2.53. The van der Waals surface area contributed by atoms with Gasteiger partial charge in [-0.2, -0.15) is 0 Å². The standard InChI is InChI=1S/C13H13ClIN3O/c14-8-1-4-11(15)10(7-8)13-18-17-12(19-13)5-6-16-9-2-3-9/h1,4,7,9,16H,2-3,5-6H2. The van der Waals surface area contributed by atoms with E-state index in [1.807, 2.05) is 18.2 Å². The molecule has 19 heavy (non-hydrogen) atoms. The molecule has 1 aromatic carbocycles. The quantitative estimate of drug-likeness (QED) is 0.797. The minimum atomic E-state index is 0.535. The highest BCUT2D eigenvalue weighted by atomic mass is 127. The van der Waals surface area contributed by atoms with Crippen molar-refractivity contribution < 1.29 is 4.42 Å². The fourth-order valence-electron chi connectivity index (χ4n) is 1.80. The SMILES string of the molecule is Clc1ccc(I)c(-c2nnc(CCNC3CC3)o2)c1. The topological polar surface area (TPSA) is 51.0 Å². The normalized spacial score (nSPS) is 14.8. The van der Waals surface area contributed by atoms with Gasteiger partial charge in [0.2, 0.25) is 11.8 Å². The highest BCUT2D eigenvalue weighted by Crippen LogP contribution is 2.27. The zero-order chi connectivity index (χ0) is 13.2. The summed E-state index contributed by atoms with van der Waals surface area (Å²) in [7, 11) is 0. The van der Waals surface area contributed by atoms with E-state index in [2.05, 4.69) is 38.1 Å². The summed E-state index contributed by atoms with van der Waals surface area (Å²) in [5.74, 6) is 1.20. The lowest BCUT2D eigenvalue weighted by Crippen LogP contribution is -2.19. The van der Waals surface area contributed by atoms with E-state index in [-0.39, 0.29) is 0 Å². The Morgan fingerprint density at radius 1 is 1.37 bits per heavy atom. The first-order valence-electron chi connectivity index (χ1n) is 6.23. The van der Waals surface area contributed by atoms with Gasteiger partial charge < -0.3 is 9.73 Å². The molecule has 1 aliphatic carbocycles. The number of nitrogens with one attached hydrogen (secondary N) is 1. The van der Waals surface area contributed by atoms with Gasteiger partial charge in [-0.15, -0.1) is 10.2 Å². The molecule has 0 amide bonds. The monoisotopic (exact) mass is 389 g/mol. The first-order chi connectivity index (χ1) is 9.22. The Morgan fingerprint density at radius 2 is 2.21 bits per heavy atom. The minimum absolute atomic E-state index is 0.535. The Hall–Kier alpha value is -0.660. The minimum Gasteiger partial charge on any atom is -0.421 e. The second-order valence-electron chi connectivity index (χ2n) is 4.60. The molecule has 6 heteroatoms. The Kier molecular flexibility index (Phi) is 4.04. The lowest BCUT2D eigenvalue weighted by molar-refractivity contribution is 0.494. The third kappa shape index (κ3) is 3.46. The third-order valence-corrected chi connectivity index (χ3v) is 4.15. The molecule has 2 aromatic rings. The summed E-state index contributed by atoms with van der Waals surface area (Å²) in [5.41, 5.74) is 0.891. The highest BCUT2D eigenvalue weighted by Gasteiger charge is 2.20. The van der Waals surface area contributed by atoms with Crippen molar-refractivity contribution in [2.45, 2.75) is 25.3 Å². The number of benzene rings is 1. The number of rotatable bonds is 5. The molecule has 1 fully saturated rings. The molecule has 1 aromatic heterocycles. The second-order valence-corrected chi connectivity index (χ2v) is 6.20. The molecule has 1 saturated carbocycles. The van der Waals surface area contributed by atoms with Crippen LogP contribution in [-0.4, -0.2) is 22.8 Å². The van der Waals surface area contributed by atoms with Crippen LogP contribution in [0, 0.1) is 3.57 Å². The van der Waals surface area contributed by atoms with E-state index in [1.54, 1.807) is 0 Å². The molecular formula is C13H13ClIN3O. The van der Waals surface area contributed by atoms with Crippen molar-refractivity contribution in [3.63, 3.8) is 0 Å². The molecule has 0 atom stereocenters. The molecule has 1 heterocycles. The van der Waals surface area contributed by atoms with E-state index in [4.69, 9.17) is 16.0 Å². The molecular weight excluding hydrogens is 377 g/mol. The van der Waals surface area contributed by atoms with Crippen LogP contribution in [0.25, 0.3) is 11.5 Å². The van der Waals surface area contributed by atoms with Crippen LogP contribution in [0.2, 0.25) is 5.02 Å². The fraction of sp³-hybridized carbons (Fsp3) is 0.385. The maximum Gasteiger partial charge on any atom is 0.248 e. The molecule has 0 aliphatic heterocycles. The Labute approximate surface area is 130 Å². The molecule has 3 rings (SSSR count). The van der Waals surface area contributed by atoms with Crippen molar-refractivity contribution in [1.29, 1.82) is 0 Å². The molecule has 0 unspecified atom stereocenters.